The van der Waals surface area contributed by atoms with Crippen molar-refractivity contribution in [3.63, 3.8) is 0 Å². The van der Waals surface area contributed by atoms with Crippen LogP contribution in [0.4, 0.5) is 5.69 Å². The van der Waals surface area contributed by atoms with Crippen LogP contribution in [0.15, 0.2) is 18.2 Å². The summed E-state index contributed by atoms with van der Waals surface area (Å²) in [6, 6.07) is 6.42. The Kier molecular flexibility index (Phi) is 3.07. The Balaban J connectivity index is 2.22. The van der Waals surface area contributed by atoms with E-state index in [1.165, 1.54) is 56.1 Å². The van der Waals surface area contributed by atoms with Crippen LogP contribution >= 0.6 is 0 Å². The minimum absolute atomic E-state index is 0.919. The Morgan fingerprint density at radius 3 is 2.21 bits per heavy atom. The van der Waals surface area contributed by atoms with E-state index >= 15 is 0 Å². The molecule has 2 N–H and O–H groups in total. The standard InChI is InChI=1S/C13H19N/c14-13-9-8-11-6-4-2-1-3-5-7-12(11)10-13/h8-10H,1-7,14H2. The predicted octanol–water partition coefficient (Wildman–Crippen LogP) is 3.32. The first-order valence-electron chi connectivity index (χ1n) is 5.73. The molecule has 1 aliphatic rings. The van der Waals surface area contributed by atoms with Gasteiger partial charge < -0.3 is 5.73 Å². The number of benzene rings is 1. The lowest BCUT2D eigenvalue weighted by Gasteiger charge is -2.08. The zero-order valence-corrected chi connectivity index (χ0v) is 8.76. The maximum atomic E-state index is 5.81. The van der Waals surface area contributed by atoms with Crippen LogP contribution in [-0.2, 0) is 12.8 Å². The molecule has 14 heavy (non-hydrogen) atoms. The molecular formula is C13H19N. The van der Waals surface area contributed by atoms with E-state index in [1.54, 1.807) is 0 Å². The van der Waals surface area contributed by atoms with Crippen molar-refractivity contribution >= 4 is 5.69 Å². The molecule has 0 saturated heterocycles. The van der Waals surface area contributed by atoms with Crippen LogP contribution < -0.4 is 5.73 Å². The molecule has 0 aliphatic heterocycles. The molecule has 0 atom stereocenters. The number of nitrogens with two attached hydrogens (primary N) is 1. The zero-order valence-electron chi connectivity index (χ0n) is 8.76. The Labute approximate surface area is 86.3 Å². The van der Waals surface area contributed by atoms with Crippen LogP contribution in [0.1, 0.15) is 43.2 Å². The van der Waals surface area contributed by atoms with Crippen LogP contribution in [0.3, 0.4) is 0 Å². The molecule has 76 valence electrons. The van der Waals surface area contributed by atoms with Gasteiger partial charge in [0.2, 0.25) is 0 Å². The van der Waals surface area contributed by atoms with Gasteiger partial charge in [-0.25, -0.2) is 0 Å². The van der Waals surface area contributed by atoms with Crippen molar-refractivity contribution < 1.29 is 0 Å². The molecule has 0 radical (unpaired) electrons. The Bertz CT molecular complexity index is 304. The number of aryl methyl sites for hydroxylation is 2. The van der Waals surface area contributed by atoms with Crippen molar-refractivity contribution in [1.29, 1.82) is 0 Å². The number of hydrogen-bond donors (Lipinski definition) is 1. The van der Waals surface area contributed by atoms with Crippen LogP contribution in [0.5, 0.6) is 0 Å². The first-order chi connectivity index (χ1) is 6.86. The highest BCUT2D eigenvalue weighted by molar-refractivity contribution is 5.45. The van der Waals surface area contributed by atoms with Gasteiger partial charge in [-0.05, 0) is 48.9 Å². The minimum Gasteiger partial charge on any atom is -0.399 e. The van der Waals surface area contributed by atoms with E-state index in [9.17, 15) is 0 Å². The molecule has 1 heteroatoms. The summed E-state index contributed by atoms with van der Waals surface area (Å²) < 4.78 is 0. The van der Waals surface area contributed by atoms with Crippen LogP contribution in [-0.4, -0.2) is 0 Å². The predicted molar refractivity (Wildman–Crippen MR) is 61.3 cm³/mol. The molecule has 0 fully saturated rings. The van der Waals surface area contributed by atoms with Crippen LogP contribution in [0.2, 0.25) is 0 Å². The third-order valence-electron chi connectivity index (χ3n) is 3.12. The van der Waals surface area contributed by atoms with Crippen molar-refractivity contribution in [2.45, 2.75) is 44.9 Å². The van der Waals surface area contributed by atoms with Gasteiger partial charge in [-0.15, -0.1) is 0 Å². The number of rotatable bonds is 0. The van der Waals surface area contributed by atoms with Gasteiger partial charge in [0.15, 0.2) is 0 Å². The van der Waals surface area contributed by atoms with Crippen LogP contribution in [0.25, 0.3) is 0 Å². The highest BCUT2D eigenvalue weighted by Crippen LogP contribution is 2.21. The van der Waals surface area contributed by atoms with Crippen molar-refractivity contribution in [2.24, 2.45) is 0 Å². The largest absolute Gasteiger partial charge is 0.399 e. The van der Waals surface area contributed by atoms with Gasteiger partial charge in [0.1, 0.15) is 0 Å². The Hall–Kier alpha value is -0.980. The van der Waals surface area contributed by atoms with Crippen molar-refractivity contribution in [2.75, 3.05) is 5.73 Å². The maximum Gasteiger partial charge on any atom is 0.0316 e. The lowest BCUT2D eigenvalue weighted by molar-refractivity contribution is 0.629. The van der Waals surface area contributed by atoms with Gasteiger partial charge in [-0.2, -0.15) is 0 Å². The smallest absolute Gasteiger partial charge is 0.0316 e. The lowest BCUT2D eigenvalue weighted by Crippen LogP contribution is -1.96. The first-order valence-corrected chi connectivity index (χ1v) is 5.73. The fourth-order valence-electron chi connectivity index (χ4n) is 2.28. The zero-order chi connectivity index (χ0) is 9.80. The van der Waals surface area contributed by atoms with E-state index in [4.69, 9.17) is 5.73 Å². The molecule has 2 rings (SSSR count). The highest BCUT2D eigenvalue weighted by Gasteiger charge is 2.05. The summed E-state index contributed by atoms with van der Waals surface area (Å²) in [5.41, 5.74) is 9.75. The monoisotopic (exact) mass is 189 g/mol. The van der Waals surface area contributed by atoms with Gasteiger partial charge in [0.05, 0.1) is 0 Å². The number of anilines is 1. The molecule has 0 bridgehead atoms. The van der Waals surface area contributed by atoms with E-state index in [0.29, 0.717) is 0 Å². The molecule has 1 aromatic carbocycles. The van der Waals surface area contributed by atoms with E-state index in [1.807, 2.05) is 6.07 Å². The summed E-state index contributed by atoms with van der Waals surface area (Å²) in [6.45, 7) is 0. The maximum absolute atomic E-state index is 5.81. The number of fused-ring (bicyclic) bond motifs is 1. The van der Waals surface area contributed by atoms with E-state index in [2.05, 4.69) is 12.1 Å². The average molecular weight is 189 g/mol. The number of nitrogen functional groups attached to an aromatic ring is 1. The molecule has 0 spiro atoms. The minimum atomic E-state index is 0.919. The Morgan fingerprint density at radius 2 is 1.43 bits per heavy atom. The molecule has 0 unspecified atom stereocenters. The molecule has 1 aliphatic carbocycles. The molecule has 0 amide bonds. The summed E-state index contributed by atoms with van der Waals surface area (Å²) in [7, 11) is 0. The molecule has 1 nitrogen and oxygen atoms in total. The van der Waals surface area contributed by atoms with Gasteiger partial charge in [0.25, 0.3) is 0 Å². The number of hydrogen-bond acceptors (Lipinski definition) is 1. The van der Waals surface area contributed by atoms with E-state index in [0.717, 1.165) is 5.69 Å². The normalized spacial score (nSPS) is 17.7. The molecule has 0 heterocycles. The van der Waals surface area contributed by atoms with Gasteiger partial charge in [0, 0.05) is 5.69 Å². The molecule has 0 aromatic heterocycles. The fourth-order valence-corrected chi connectivity index (χ4v) is 2.28. The summed E-state index contributed by atoms with van der Waals surface area (Å²) >= 11 is 0. The van der Waals surface area contributed by atoms with E-state index in [-0.39, 0.29) is 0 Å². The molecule has 1 aromatic rings. The average Bonchev–Trinajstić information content (AvgIpc) is 2.29. The van der Waals surface area contributed by atoms with Crippen molar-refractivity contribution in [3.8, 4) is 0 Å². The van der Waals surface area contributed by atoms with Gasteiger partial charge >= 0.3 is 0 Å². The fraction of sp³-hybridized carbons (Fsp3) is 0.538. The third kappa shape index (κ3) is 2.28. The highest BCUT2D eigenvalue weighted by atomic mass is 14.5. The van der Waals surface area contributed by atoms with Gasteiger partial charge in [-0.1, -0.05) is 25.3 Å². The lowest BCUT2D eigenvalue weighted by atomic mass is 9.99. The van der Waals surface area contributed by atoms with Crippen molar-refractivity contribution in [3.05, 3.63) is 29.3 Å². The molecule has 0 saturated carbocycles. The summed E-state index contributed by atoms with van der Waals surface area (Å²) in [6.07, 6.45) is 9.32. The topological polar surface area (TPSA) is 26.0 Å². The van der Waals surface area contributed by atoms with E-state index < -0.39 is 0 Å². The summed E-state index contributed by atoms with van der Waals surface area (Å²) in [5, 5.41) is 0. The second kappa shape index (κ2) is 4.50. The SMILES string of the molecule is Nc1ccc2c(c1)CCCCCCC2. The third-order valence-corrected chi connectivity index (χ3v) is 3.12. The van der Waals surface area contributed by atoms with Crippen molar-refractivity contribution in [1.82, 2.24) is 0 Å². The second-order valence-electron chi connectivity index (χ2n) is 4.30. The second-order valence-corrected chi connectivity index (χ2v) is 4.30. The molecular weight excluding hydrogens is 170 g/mol. The van der Waals surface area contributed by atoms with Gasteiger partial charge in [-0.3, -0.25) is 0 Å². The first kappa shape index (κ1) is 9.57. The Morgan fingerprint density at radius 1 is 0.786 bits per heavy atom. The summed E-state index contributed by atoms with van der Waals surface area (Å²) in [5.74, 6) is 0. The quantitative estimate of drug-likeness (QED) is 0.622. The van der Waals surface area contributed by atoms with Crippen LogP contribution in [0, 0.1) is 0 Å². The summed E-state index contributed by atoms with van der Waals surface area (Å²) in [4.78, 5) is 0.